The summed E-state index contributed by atoms with van der Waals surface area (Å²) in [5.74, 6) is -2.43. The van der Waals surface area contributed by atoms with Crippen LogP contribution in [0.4, 0.5) is 0 Å². The molecule has 0 saturated carbocycles. The molecule has 6 atom stereocenters. The van der Waals surface area contributed by atoms with Gasteiger partial charge in [-0.15, -0.1) is 0 Å². The molecule has 0 aromatic carbocycles. The van der Waals surface area contributed by atoms with Crippen molar-refractivity contribution in [2.45, 2.75) is 314 Å². The van der Waals surface area contributed by atoms with Crippen LogP contribution < -0.4 is 0 Å². The van der Waals surface area contributed by atoms with Gasteiger partial charge in [-0.05, 0) is 38.5 Å². The molecule has 0 bridgehead atoms. The molecule has 0 amide bonds. The normalized spacial score (nSPS) is 19.0. The minimum atomic E-state index is -1.86. The molecule has 4 N–H and O–H groups in total. The molecule has 0 radical (unpaired) electrons. The van der Waals surface area contributed by atoms with E-state index in [0.29, 0.717) is 12.8 Å². The number of carbonyl (C=O) groups excluding carboxylic acids is 2. The van der Waals surface area contributed by atoms with Gasteiger partial charge in [0.15, 0.2) is 18.5 Å². The van der Waals surface area contributed by atoms with E-state index < -0.39 is 54.7 Å². The molecular weight excluding hydrogens is 849 g/mol. The zero-order chi connectivity index (χ0) is 48.8. The Kier molecular flexibility index (Phi) is 43.5. The Morgan fingerprint density at radius 1 is 0.448 bits per heavy atom. The molecule has 394 valence electrons. The number of aliphatic hydroxyl groups excluding tert-OH is 3. The van der Waals surface area contributed by atoms with E-state index in [2.05, 4.69) is 26.0 Å². The van der Waals surface area contributed by atoms with Crippen molar-refractivity contribution in [1.29, 1.82) is 0 Å². The molecule has 11 heteroatoms. The molecule has 1 fully saturated rings. The molecule has 1 aliphatic heterocycles. The molecule has 1 saturated heterocycles. The van der Waals surface area contributed by atoms with Crippen molar-refractivity contribution >= 4 is 17.9 Å². The number of esters is 2. The predicted octanol–water partition coefficient (Wildman–Crippen LogP) is 13.9. The summed E-state index contributed by atoms with van der Waals surface area (Å²) >= 11 is 0. The number of carboxylic acids is 1. The molecule has 0 spiro atoms. The van der Waals surface area contributed by atoms with Crippen molar-refractivity contribution in [3.63, 3.8) is 0 Å². The average Bonchev–Trinajstić information content (AvgIpc) is 3.31. The van der Waals surface area contributed by atoms with Gasteiger partial charge in [0.25, 0.3) is 0 Å². The van der Waals surface area contributed by atoms with Crippen molar-refractivity contribution in [1.82, 2.24) is 0 Å². The fourth-order valence-corrected chi connectivity index (χ4v) is 8.94. The first-order valence-electron chi connectivity index (χ1n) is 28.2. The van der Waals surface area contributed by atoms with E-state index in [9.17, 15) is 34.8 Å². The maximum Gasteiger partial charge on any atom is 0.335 e. The van der Waals surface area contributed by atoms with Crippen molar-refractivity contribution in [2.24, 2.45) is 0 Å². The summed E-state index contributed by atoms with van der Waals surface area (Å²) in [6.07, 6.45) is 44.1. The molecule has 6 unspecified atom stereocenters. The topological polar surface area (TPSA) is 169 Å². The fraction of sp³-hybridized carbons (Fsp3) is 0.911. The van der Waals surface area contributed by atoms with Crippen molar-refractivity contribution in [3.05, 3.63) is 12.2 Å². The Bertz CT molecular complexity index is 1160. The lowest BCUT2D eigenvalue weighted by Gasteiger charge is -2.38. The number of hydrogen-bond acceptors (Lipinski definition) is 10. The molecule has 0 aromatic heterocycles. The molecule has 0 aromatic rings. The number of ether oxygens (including phenoxy) is 4. The second kappa shape index (κ2) is 46.3. The first-order chi connectivity index (χ1) is 32.7. The maximum absolute atomic E-state index is 12.9. The third-order valence-corrected chi connectivity index (χ3v) is 13.4. The Hall–Kier alpha value is -2.05. The van der Waals surface area contributed by atoms with Crippen molar-refractivity contribution in [3.8, 4) is 0 Å². The highest BCUT2D eigenvalue weighted by atomic mass is 16.7. The zero-order valence-electron chi connectivity index (χ0n) is 43.2. The lowest BCUT2D eigenvalue weighted by atomic mass is 9.99. The summed E-state index contributed by atoms with van der Waals surface area (Å²) in [4.78, 5) is 37.1. The molecule has 67 heavy (non-hydrogen) atoms. The van der Waals surface area contributed by atoms with Crippen LogP contribution in [0.2, 0.25) is 0 Å². The summed E-state index contributed by atoms with van der Waals surface area (Å²) in [7, 11) is 0. The summed E-state index contributed by atoms with van der Waals surface area (Å²) in [6.45, 7) is 3.86. The Labute approximate surface area is 409 Å². The first-order valence-corrected chi connectivity index (χ1v) is 28.2. The van der Waals surface area contributed by atoms with Gasteiger partial charge in [-0.3, -0.25) is 9.59 Å². The van der Waals surface area contributed by atoms with Gasteiger partial charge in [-0.2, -0.15) is 0 Å². The van der Waals surface area contributed by atoms with E-state index in [-0.39, 0.29) is 26.1 Å². The predicted molar refractivity (Wildman–Crippen MR) is 271 cm³/mol. The molecule has 1 aliphatic rings. The highest BCUT2D eigenvalue weighted by molar-refractivity contribution is 5.73. The van der Waals surface area contributed by atoms with E-state index in [1.165, 1.54) is 193 Å². The quantitative estimate of drug-likeness (QED) is 0.0260. The van der Waals surface area contributed by atoms with Gasteiger partial charge < -0.3 is 39.4 Å². The standard InChI is InChI=1S/C56H104O11/c1-3-5-7-9-11-13-15-17-19-21-22-23-24-25-26-27-29-31-33-35-37-39-41-43-45-50(58)66-48(47-65-56-53(61)51(59)52(60)54(67-56)55(62)63)46-64-49(57)44-42-40-38-36-34-32-30-28-20-18-16-14-12-10-8-6-4-2/h18,20,48,51-54,56,59-61H,3-17,19,21-47H2,1-2H3,(H,62,63)/b20-18-. The van der Waals surface area contributed by atoms with E-state index in [1.54, 1.807) is 0 Å². The zero-order valence-corrected chi connectivity index (χ0v) is 43.2. The van der Waals surface area contributed by atoms with Gasteiger partial charge in [-0.1, -0.05) is 238 Å². The number of aliphatic carboxylic acids is 1. The lowest BCUT2D eigenvalue weighted by molar-refractivity contribution is -0.298. The second-order valence-corrected chi connectivity index (χ2v) is 19.8. The fourth-order valence-electron chi connectivity index (χ4n) is 8.94. The number of allylic oxidation sites excluding steroid dienone is 2. The third kappa shape index (κ3) is 37.5. The van der Waals surface area contributed by atoms with Crippen LogP contribution in [0.1, 0.15) is 277 Å². The van der Waals surface area contributed by atoms with Gasteiger partial charge >= 0.3 is 17.9 Å². The molecule has 11 nitrogen and oxygen atoms in total. The Morgan fingerprint density at radius 2 is 0.791 bits per heavy atom. The van der Waals surface area contributed by atoms with Crippen LogP contribution in [0, 0.1) is 0 Å². The number of hydrogen-bond donors (Lipinski definition) is 4. The van der Waals surface area contributed by atoms with Crippen LogP contribution in [0.3, 0.4) is 0 Å². The number of carboxylic acid groups (broad SMARTS) is 1. The van der Waals surface area contributed by atoms with Crippen LogP contribution in [0.25, 0.3) is 0 Å². The molecule has 1 heterocycles. The van der Waals surface area contributed by atoms with Gasteiger partial charge in [0.1, 0.15) is 24.9 Å². The van der Waals surface area contributed by atoms with Gasteiger partial charge in [0.05, 0.1) is 6.61 Å². The molecule has 1 rings (SSSR count). The number of unbranched alkanes of at least 4 members (excludes halogenated alkanes) is 36. The monoisotopic (exact) mass is 953 g/mol. The van der Waals surface area contributed by atoms with E-state index >= 15 is 0 Å². The number of aliphatic hydroxyl groups is 3. The summed E-state index contributed by atoms with van der Waals surface area (Å²) < 4.78 is 21.9. The second-order valence-electron chi connectivity index (χ2n) is 19.8. The van der Waals surface area contributed by atoms with Gasteiger partial charge in [-0.25, -0.2) is 4.79 Å². The van der Waals surface area contributed by atoms with E-state index in [0.717, 1.165) is 44.9 Å². The smallest absolute Gasteiger partial charge is 0.335 e. The minimum Gasteiger partial charge on any atom is -0.479 e. The third-order valence-electron chi connectivity index (χ3n) is 13.4. The molecule has 0 aliphatic carbocycles. The number of carbonyl (C=O) groups is 3. The summed E-state index contributed by atoms with van der Waals surface area (Å²) in [5.41, 5.74) is 0. The highest BCUT2D eigenvalue weighted by Gasteiger charge is 2.47. The lowest BCUT2D eigenvalue weighted by Crippen LogP contribution is -2.60. The minimum absolute atomic E-state index is 0.189. The summed E-state index contributed by atoms with van der Waals surface area (Å²) in [5, 5.41) is 40.0. The Morgan fingerprint density at radius 3 is 1.16 bits per heavy atom. The largest absolute Gasteiger partial charge is 0.479 e. The van der Waals surface area contributed by atoms with E-state index in [1.807, 2.05) is 0 Å². The maximum atomic E-state index is 12.9. The average molecular weight is 953 g/mol. The SMILES string of the molecule is CCCCCCCC/C=C\CCCCCCCCCC(=O)OCC(COC1OC(C(=O)O)C(O)C(O)C1O)OC(=O)CCCCCCCCCCCCCCCCCCCCCCCCCC. The van der Waals surface area contributed by atoms with Gasteiger partial charge in [0.2, 0.25) is 0 Å². The van der Waals surface area contributed by atoms with Crippen molar-refractivity contribution in [2.75, 3.05) is 13.2 Å². The van der Waals surface area contributed by atoms with Crippen LogP contribution in [-0.4, -0.2) is 88.4 Å². The van der Waals surface area contributed by atoms with E-state index in [4.69, 9.17) is 18.9 Å². The van der Waals surface area contributed by atoms with Crippen LogP contribution in [0.5, 0.6) is 0 Å². The first kappa shape index (κ1) is 63.0. The summed E-state index contributed by atoms with van der Waals surface area (Å²) in [6, 6.07) is 0. The van der Waals surface area contributed by atoms with Crippen LogP contribution in [0.15, 0.2) is 12.2 Å². The molecular formula is C56H104O11. The van der Waals surface area contributed by atoms with Crippen LogP contribution >= 0.6 is 0 Å². The van der Waals surface area contributed by atoms with Crippen LogP contribution in [-0.2, 0) is 33.3 Å². The highest BCUT2D eigenvalue weighted by Crippen LogP contribution is 2.23. The number of rotatable bonds is 49. The van der Waals surface area contributed by atoms with Gasteiger partial charge in [0, 0.05) is 12.8 Å². The van der Waals surface area contributed by atoms with Crippen molar-refractivity contribution < 1.29 is 53.8 Å². The Balaban J connectivity index is 2.23.